The third kappa shape index (κ3) is 4.07. The molecule has 0 aliphatic heterocycles. The van der Waals surface area contributed by atoms with Gasteiger partial charge in [0.05, 0.1) is 11.6 Å². The molecule has 2 aromatic rings. The fourth-order valence-electron chi connectivity index (χ4n) is 3.13. The van der Waals surface area contributed by atoms with Crippen LogP contribution in [0.2, 0.25) is 0 Å². The maximum Gasteiger partial charge on any atom is 0.338 e. The molecule has 4 nitrogen and oxygen atoms in total. The Morgan fingerprint density at radius 3 is 2.65 bits per heavy atom. The van der Waals surface area contributed by atoms with Crippen molar-refractivity contribution >= 4 is 11.9 Å². The Bertz CT molecular complexity index is 851. The van der Waals surface area contributed by atoms with Gasteiger partial charge in [0.1, 0.15) is 11.6 Å². The van der Waals surface area contributed by atoms with E-state index >= 15 is 0 Å². The Kier molecular flexibility index (Phi) is 5.30. The van der Waals surface area contributed by atoms with E-state index in [9.17, 15) is 18.4 Å². The number of amides is 1. The number of aryl methyl sites for hydroxylation is 2. The quantitative estimate of drug-likeness (QED) is 0.832. The number of hydrogen-bond acceptors (Lipinski definition) is 3. The molecule has 3 rings (SSSR count). The van der Waals surface area contributed by atoms with Gasteiger partial charge in [-0.2, -0.15) is 0 Å². The van der Waals surface area contributed by atoms with Gasteiger partial charge in [-0.1, -0.05) is 12.1 Å². The summed E-state index contributed by atoms with van der Waals surface area (Å²) in [5.74, 6) is -2.56. The monoisotopic (exact) mass is 359 g/mol. The first-order valence-corrected chi connectivity index (χ1v) is 8.47. The highest BCUT2D eigenvalue weighted by atomic mass is 19.1. The van der Waals surface area contributed by atoms with Gasteiger partial charge in [0.25, 0.3) is 5.91 Å². The maximum absolute atomic E-state index is 13.7. The number of benzene rings is 2. The van der Waals surface area contributed by atoms with Crippen LogP contribution in [0.25, 0.3) is 0 Å². The molecule has 0 saturated heterocycles. The first kappa shape index (κ1) is 18.0. The van der Waals surface area contributed by atoms with Crippen molar-refractivity contribution < 1.29 is 23.1 Å². The lowest BCUT2D eigenvalue weighted by atomic mass is 10.1. The predicted molar refractivity (Wildman–Crippen MR) is 91.7 cm³/mol. The molecule has 0 radical (unpaired) electrons. The van der Waals surface area contributed by atoms with E-state index in [0.29, 0.717) is 5.56 Å². The van der Waals surface area contributed by atoms with E-state index < -0.39 is 36.2 Å². The molecule has 1 atom stereocenters. The Morgan fingerprint density at radius 1 is 1.12 bits per heavy atom. The third-order valence-corrected chi connectivity index (χ3v) is 4.48. The highest BCUT2D eigenvalue weighted by Crippen LogP contribution is 2.23. The van der Waals surface area contributed by atoms with Gasteiger partial charge >= 0.3 is 5.97 Å². The molecule has 1 aliphatic rings. The lowest BCUT2D eigenvalue weighted by Crippen LogP contribution is -2.31. The van der Waals surface area contributed by atoms with Gasteiger partial charge in [-0.15, -0.1) is 0 Å². The van der Waals surface area contributed by atoms with Gasteiger partial charge < -0.3 is 10.1 Å². The second-order valence-corrected chi connectivity index (χ2v) is 6.37. The summed E-state index contributed by atoms with van der Waals surface area (Å²) in [6.45, 7) is 1.10. The van der Waals surface area contributed by atoms with Crippen LogP contribution < -0.4 is 5.32 Å². The summed E-state index contributed by atoms with van der Waals surface area (Å²) in [5.41, 5.74) is 2.96. The number of carbonyl (C=O) groups excluding carboxylic acids is 2. The normalized spacial score (nSPS) is 13.8. The van der Waals surface area contributed by atoms with E-state index in [0.717, 1.165) is 37.0 Å². The summed E-state index contributed by atoms with van der Waals surface area (Å²) >= 11 is 0. The molecular formula is C20H19F2NO3. The van der Waals surface area contributed by atoms with E-state index in [1.165, 1.54) is 11.6 Å². The minimum absolute atomic E-state index is 0.157. The van der Waals surface area contributed by atoms with E-state index in [4.69, 9.17) is 4.74 Å². The second-order valence-electron chi connectivity index (χ2n) is 6.37. The average Bonchev–Trinajstić information content (AvgIpc) is 3.07. The standard InChI is InChI=1S/C20H19F2NO3/c1-12(17-8-7-16(21)10-18(17)22)23-19(24)11-26-20(25)15-6-5-13-3-2-4-14(13)9-15/h5-10,12H,2-4,11H2,1H3,(H,23,24)/t12-/m1/s1. The van der Waals surface area contributed by atoms with Crippen LogP contribution in [0.4, 0.5) is 8.78 Å². The van der Waals surface area contributed by atoms with Crippen molar-refractivity contribution in [1.29, 1.82) is 0 Å². The number of carbonyl (C=O) groups is 2. The SMILES string of the molecule is C[C@@H](NC(=O)COC(=O)c1ccc2c(c1)CCC2)c1ccc(F)cc1F. The molecular weight excluding hydrogens is 340 g/mol. The van der Waals surface area contributed by atoms with Crippen LogP contribution in [0, 0.1) is 11.6 Å². The Labute approximate surface area is 150 Å². The zero-order valence-electron chi connectivity index (χ0n) is 14.4. The summed E-state index contributed by atoms with van der Waals surface area (Å²) in [5, 5.41) is 2.53. The lowest BCUT2D eigenvalue weighted by Gasteiger charge is -2.15. The van der Waals surface area contributed by atoms with Crippen molar-refractivity contribution in [3.63, 3.8) is 0 Å². The molecule has 136 valence electrons. The number of halogens is 2. The molecule has 0 aromatic heterocycles. The van der Waals surface area contributed by atoms with E-state index in [-0.39, 0.29) is 5.56 Å². The van der Waals surface area contributed by atoms with Crippen molar-refractivity contribution in [3.05, 3.63) is 70.3 Å². The minimum atomic E-state index is -0.743. The summed E-state index contributed by atoms with van der Waals surface area (Å²) in [6, 6.07) is 7.88. The van der Waals surface area contributed by atoms with E-state index in [1.54, 1.807) is 19.1 Å². The van der Waals surface area contributed by atoms with Crippen LogP contribution in [0.5, 0.6) is 0 Å². The van der Waals surface area contributed by atoms with Crippen molar-refractivity contribution in [2.24, 2.45) is 0 Å². The van der Waals surface area contributed by atoms with Crippen molar-refractivity contribution in [3.8, 4) is 0 Å². The first-order chi connectivity index (χ1) is 12.4. The number of fused-ring (bicyclic) bond motifs is 1. The van der Waals surface area contributed by atoms with Crippen LogP contribution >= 0.6 is 0 Å². The van der Waals surface area contributed by atoms with Crippen LogP contribution in [0.15, 0.2) is 36.4 Å². The van der Waals surface area contributed by atoms with Gasteiger partial charge in [0.2, 0.25) is 0 Å². The molecule has 1 amide bonds. The molecule has 6 heteroatoms. The molecule has 0 bridgehead atoms. The second kappa shape index (κ2) is 7.64. The summed E-state index contributed by atoms with van der Waals surface area (Å²) < 4.78 is 31.7. The summed E-state index contributed by atoms with van der Waals surface area (Å²) in [7, 11) is 0. The molecule has 26 heavy (non-hydrogen) atoms. The van der Waals surface area contributed by atoms with Gasteiger partial charge in [-0.3, -0.25) is 4.79 Å². The highest BCUT2D eigenvalue weighted by Gasteiger charge is 2.18. The largest absolute Gasteiger partial charge is 0.452 e. The molecule has 1 N–H and O–H groups in total. The van der Waals surface area contributed by atoms with Crippen LogP contribution in [-0.2, 0) is 22.4 Å². The number of ether oxygens (including phenoxy) is 1. The van der Waals surface area contributed by atoms with Crippen molar-refractivity contribution in [2.75, 3.05) is 6.61 Å². The third-order valence-electron chi connectivity index (χ3n) is 4.48. The lowest BCUT2D eigenvalue weighted by molar-refractivity contribution is -0.124. The molecule has 0 fully saturated rings. The number of nitrogens with one attached hydrogen (secondary N) is 1. The Balaban J connectivity index is 1.54. The van der Waals surface area contributed by atoms with Gasteiger partial charge in [-0.05, 0) is 55.5 Å². The predicted octanol–water partition coefficient (Wildman–Crippen LogP) is 3.49. The molecule has 0 unspecified atom stereocenters. The van der Waals surface area contributed by atoms with Gasteiger partial charge in [0, 0.05) is 11.6 Å². The molecule has 1 aliphatic carbocycles. The van der Waals surface area contributed by atoms with E-state index in [1.807, 2.05) is 6.07 Å². The van der Waals surface area contributed by atoms with Gasteiger partial charge in [-0.25, -0.2) is 13.6 Å². The topological polar surface area (TPSA) is 55.4 Å². The first-order valence-electron chi connectivity index (χ1n) is 8.47. The zero-order chi connectivity index (χ0) is 18.7. The summed E-state index contributed by atoms with van der Waals surface area (Å²) in [6.07, 6.45) is 3.04. The van der Waals surface area contributed by atoms with Crippen LogP contribution in [0.3, 0.4) is 0 Å². The number of hydrogen-bond donors (Lipinski definition) is 1. The van der Waals surface area contributed by atoms with Crippen molar-refractivity contribution in [2.45, 2.75) is 32.2 Å². The minimum Gasteiger partial charge on any atom is -0.452 e. The van der Waals surface area contributed by atoms with Crippen molar-refractivity contribution in [1.82, 2.24) is 5.32 Å². The highest BCUT2D eigenvalue weighted by molar-refractivity contribution is 5.91. The molecule has 0 saturated carbocycles. The van der Waals surface area contributed by atoms with Crippen LogP contribution in [-0.4, -0.2) is 18.5 Å². The fourth-order valence-corrected chi connectivity index (χ4v) is 3.13. The Hall–Kier alpha value is -2.76. The number of esters is 1. The molecule has 0 spiro atoms. The fraction of sp³-hybridized carbons (Fsp3) is 0.300. The molecule has 2 aromatic carbocycles. The average molecular weight is 359 g/mol. The smallest absolute Gasteiger partial charge is 0.338 e. The van der Waals surface area contributed by atoms with E-state index in [2.05, 4.69) is 5.32 Å². The zero-order valence-corrected chi connectivity index (χ0v) is 14.4. The molecule has 0 heterocycles. The Morgan fingerprint density at radius 2 is 1.88 bits per heavy atom. The number of rotatable bonds is 5. The van der Waals surface area contributed by atoms with Gasteiger partial charge in [0.15, 0.2) is 6.61 Å². The summed E-state index contributed by atoms with van der Waals surface area (Å²) in [4.78, 5) is 24.0. The van der Waals surface area contributed by atoms with Crippen LogP contribution in [0.1, 0.15) is 46.4 Å². The maximum atomic E-state index is 13.7.